The maximum Gasteiger partial charge on any atom is 0.328 e. The van der Waals surface area contributed by atoms with Gasteiger partial charge < -0.3 is 20.2 Å². The summed E-state index contributed by atoms with van der Waals surface area (Å²) in [6.07, 6.45) is 1.68. The van der Waals surface area contributed by atoms with Crippen molar-refractivity contribution >= 4 is 29.2 Å². The second-order valence-corrected chi connectivity index (χ2v) is 6.77. The van der Waals surface area contributed by atoms with Crippen LogP contribution in [0.4, 0.5) is 11.4 Å². The summed E-state index contributed by atoms with van der Waals surface area (Å²) >= 11 is 0. The molecule has 2 N–H and O–H groups in total. The molecule has 0 bridgehead atoms. The third-order valence-electron chi connectivity index (χ3n) is 4.82. The molecule has 0 atom stereocenters. The van der Waals surface area contributed by atoms with Crippen molar-refractivity contribution in [1.82, 2.24) is 4.90 Å². The quantitative estimate of drug-likeness (QED) is 0.762. The highest BCUT2D eigenvalue weighted by atomic mass is 16.4. The maximum absolute atomic E-state index is 13.0. The molecular formula is C22H23N3O4. The van der Waals surface area contributed by atoms with Crippen LogP contribution in [0.15, 0.2) is 60.7 Å². The third kappa shape index (κ3) is 5.01. The summed E-state index contributed by atoms with van der Waals surface area (Å²) < 4.78 is 0. The average molecular weight is 393 g/mol. The van der Waals surface area contributed by atoms with Crippen LogP contribution in [0, 0.1) is 6.92 Å². The van der Waals surface area contributed by atoms with Crippen molar-refractivity contribution in [3.63, 3.8) is 0 Å². The fraction of sp³-hybridized carbons (Fsp3) is 0.227. The standard InChI is InChI=1S/C22H23N3O4/c1-16-6-2-5-9-19(16)24-12-14-25(15-13-24)22(29)17-7-3-4-8-18(17)23-20(26)10-11-21(27)28/h2-11H,12-15H2,1H3,(H,23,26)(H,27,28)/b11-10+. The minimum Gasteiger partial charge on any atom is -0.478 e. The number of piperazine rings is 1. The Labute approximate surface area is 169 Å². The van der Waals surface area contributed by atoms with Crippen LogP contribution in [0.25, 0.3) is 0 Å². The molecule has 0 radical (unpaired) electrons. The van der Waals surface area contributed by atoms with Gasteiger partial charge in [0.1, 0.15) is 0 Å². The first-order valence-electron chi connectivity index (χ1n) is 9.36. The third-order valence-corrected chi connectivity index (χ3v) is 4.82. The summed E-state index contributed by atoms with van der Waals surface area (Å²) in [5.41, 5.74) is 3.13. The van der Waals surface area contributed by atoms with Gasteiger partial charge in [0.05, 0.1) is 11.3 Å². The second kappa shape index (κ2) is 9.05. The number of rotatable bonds is 5. The van der Waals surface area contributed by atoms with Crippen LogP contribution in [-0.4, -0.2) is 54.0 Å². The molecule has 0 spiro atoms. The summed E-state index contributed by atoms with van der Waals surface area (Å²) in [6.45, 7) is 4.69. The van der Waals surface area contributed by atoms with Gasteiger partial charge in [-0.3, -0.25) is 9.59 Å². The molecule has 29 heavy (non-hydrogen) atoms. The number of para-hydroxylation sites is 2. The van der Waals surface area contributed by atoms with Gasteiger partial charge >= 0.3 is 5.97 Å². The molecule has 0 aliphatic carbocycles. The van der Waals surface area contributed by atoms with Gasteiger partial charge in [-0.25, -0.2) is 4.79 Å². The number of hydrogen-bond acceptors (Lipinski definition) is 4. The van der Waals surface area contributed by atoms with E-state index in [1.54, 1.807) is 29.2 Å². The Balaban J connectivity index is 1.68. The number of nitrogens with zero attached hydrogens (tertiary/aromatic N) is 2. The van der Waals surface area contributed by atoms with Crippen molar-refractivity contribution < 1.29 is 19.5 Å². The average Bonchev–Trinajstić information content (AvgIpc) is 2.73. The van der Waals surface area contributed by atoms with E-state index in [1.165, 1.54) is 11.3 Å². The predicted molar refractivity (Wildman–Crippen MR) is 111 cm³/mol. The van der Waals surface area contributed by atoms with Crippen molar-refractivity contribution in [1.29, 1.82) is 0 Å². The van der Waals surface area contributed by atoms with Crippen molar-refractivity contribution in [2.45, 2.75) is 6.92 Å². The highest BCUT2D eigenvalue weighted by molar-refractivity contribution is 6.07. The zero-order valence-corrected chi connectivity index (χ0v) is 16.2. The summed E-state index contributed by atoms with van der Waals surface area (Å²) in [5.74, 6) is -1.97. The highest BCUT2D eigenvalue weighted by Crippen LogP contribution is 2.23. The van der Waals surface area contributed by atoms with Gasteiger partial charge in [0, 0.05) is 44.0 Å². The van der Waals surface area contributed by atoms with Crippen molar-refractivity contribution in [3.05, 3.63) is 71.8 Å². The molecule has 150 valence electrons. The Bertz CT molecular complexity index is 947. The lowest BCUT2D eigenvalue weighted by atomic mass is 10.1. The number of benzene rings is 2. The van der Waals surface area contributed by atoms with Crippen LogP contribution in [0.5, 0.6) is 0 Å². The number of carboxylic acids is 1. The molecule has 7 nitrogen and oxygen atoms in total. The molecule has 1 aliphatic heterocycles. The van der Waals surface area contributed by atoms with E-state index < -0.39 is 11.9 Å². The lowest BCUT2D eigenvalue weighted by molar-refractivity contribution is -0.131. The van der Waals surface area contributed by atoms with E-state index in [2.05, 4.69) is 29.3 Å². The molecule has 7 heteroatoms. The SMILES string of the molecule is Cc1ccccc1N1CCN(C(=O)c2ccccc2NC(=O)/C=C/C(=O)O)CC1. The first kappa shape index (κ1) is 20.1. The molecule has 2 amide bonds. The smallest absolute Gasteiger partial charge is 0.328 e. The van der Waals surface area contributed by atoms with E-state index in [4.69, 9.17) is 5.11 Å². The van der Waals surface area contributed by atoms with Gasteiger partial charge in [0.15, 0.2) is 0 Å². The van der Waals surface area contributed by atoms with Crippen molar-refractivity contribution in [2.75, 3.05) is 36.4 Å². The van der Waals surface area contributed by atoms with Gasteiger partial charge in [-0.1, -0.05) is 30.3 Å². The van der Waals surface area contributed by atoms with Crippen LogP contribution in [0.1, 0.15) is 15.9 Å². The number of hydrogen-bond donors (Lipinski definition) is 2. The van der Waals surface area contributed by atoms with Crippen LogP contribution in [0.2, 0.25) is 0 Å². The van der Waals surface area contributed by atoms with E-state index >= 15 is 0 Å². The molecule has 3 rings (SSSR count). The molecule has 0 saturated carbocycles. The van der Waals surface area contributed by atoms with Crippen molar-refractivity contribution in [3.8, 4) is 0 Å². The van der Waals surface area contributed by atoms with E-state index in [-0.39, 0.29) is 5.91 Å². The number of carboxylic acid groups (broad SMARTS) is 1. The largest absolute Gasteiger partial charge is 0.478 e. The maximum atomic E-state index is 13.0. The lowest BCUT2D eigenvalue weighted by Gasteiger charge is -2.37. The van der Waals surface area contributed by atoms with Gasteiger partial charge in [0.2, 0.25) is 5.91 Å². The topological polar surface area (TPSA) is 90.0 Å². The van der Waals surface area contributed by atoms with E-state index in [0.717, 1.165) is 25.2 Å². The second-order valence-electron chi connectivity index (χ2n) is 6.77. The number of amides is 2. The monoisotopic (exact) mass is 393 g/mol. The number of carbonyl (C=O) groups is 3. The molecule has 0 aromatic heterocycles. The minimum absolute atomic E-state index is 0.160. The molecule has 1 saturated heterocycles. The van der Waals surface area contributed by atoms with Gasteiger partial charge in [-0.05, 0) is 30.7 Å². The van der Waals surface area contributed by atoms with Gasteiger partial charge in [0.25, 0.3) is 5.91 Å². The number of anilines is 2. The Hall–Kier alpha value is -3.61. The molecule has 2 aromatic carbocycles. The number of nitrogens with one attached hydrogen (secondary N) is 1. The summed E-state index contributed by atoms with van der Waals surface area (Å²) in [5, 5.41) is 11.2. The Morgan fingerprint density at radius 1 is 0.931 bits per heavy atom. The van der Waals surface area contributed by atoms with Gasteiger partial charge in [-0.15, -0.1) is 0 Å². The van der Waals surface area contributed by atoms with E-state index in [0.29, 0.717) is 24.3 Å². The van der Waals surface area contributed by atoms with Gasteiger partial charge in [-0.2, -0.15) is 0 Å². The Morgan fingerprint density at radius 2 is 1.59 bits per heavy atom. The fourth-order valence-corrected chi connectivity index (χ4v) is 3.34. The van der Waals surface area contributed by atoms with Crippen LogP contribution < -0.4 is 10.2 Å². The fourth-order valence-electron chi connectivity index (χ4n) is 3.34. The number of carbonyl (C=O) groups excluding carboxylic acids is 2. The normalized spacial score (nSPS) is 14.1. The zero-order valence-electron chi connectivity index (χ0n) is 16.2. The minimum atomic E-state index is -1.21. The first-order chi connectivity index (χ1) is 14.0. The summed E-state index contributed by atoms with van der Waals surface area (Å²) in [4.78, 5) is 39.5. The van der Waals surface area contributed by atoms with Crippen LogP contribution >= 0.6 is 0 Å². The Morgan fingerprint density at radius 3 is 2.28 bits per heavy atom. The van der Waals surface area contributed by atoms with Crippen LogP contribution in [0.3, 0.4) is 0 Å². The first-order valence-corrected chi connectivity index (χ1v) is 9.36. The molecule has 1 fully saturated rings. The van der Waals surface area contributed by atoms with Crippen LogP contribution in [-0.2, 0) is 9.59 Å². The van der Waals surface area contributed by atoms with E-state index in [9.17, 15) is 14.4 Å². The summed E-state index contributed by atoms with van der Waals surface area (Å²) in [6, 6.07) is 14.9. The van der Waals surface area contributed by atoms with E-state index in [1.807, 2.05) is 12.1 Å². The molecule has 1 heterocycles. The predicted octanol–water partition coefficient (Wildman–Crippen LogP) is 2.54. The molecule has 0 unspecified atom stereocenters. The molecule has 1 aliphatic rings. The molecular weight excluding hydrogens is 370 g/mol. The number of aliphatic carboxylic acids is 1. The Kier molecular flexibility index (Phi) is 6.29. The highest BCUT2D eigenvalue weighted by Gasteiger charge is 2.24. The molecule has 2 aromatic rings. The van der Waals surface area contributed by atoms with Crippen molar-refractivity contribution in [2.24, 2.45) is 0 Å². The summed E-state index contributed by atoms with van der Waals surface area (Å²) in [7, 11) is 0. The number of aryl methyl sites for hydroxylation is 1. The lowest BCUT2D eigenvalue weighted by Crippen LogP contribution is -2.49. The zero-order chi connectivity index (χ0) is 20.8.